The van der Waals surface area contributed by atoms with Gasteiger partial charge in [-0.25, -0.2) is 13.1 Å². The Bertz CT molecular complexity index is 615. The normalized spacial score (nSPS) is 29.0. The fourth-order valence-electron chi connectivity index (χ4n) is 3.06. The minimum atomic E-state index is -3.50. The molecule has 0 aromatic heterocycles. The molecule has 0 radical (unpaired) electrons. The standard InChI is InChI=1S/C14H20N2O3S/c1-9-2-4-12(6-10(9)8-15)20(17,18)16-13-7-11-3-5-14(13)19-11/h2,4,6,11,13-14,16H,3,5,7-8,15H2,1H3. The SMILES string of the molecule is Cc1ccc(S(=O)(=O)NC2CC3CCC2O3)cc1CN. The first-order chi connectivity index (χ1) is 9.49. The molecule has 0 saturated carbocycles. The number of rotatable bonds is 4. The molecule has 20 heavy (non-hydrogen) atoms. The summed E-state index contributed by atoms with van der Waals surface area (Å²) in [5.41, 5.74) is 7.51. The van der Waals surface area contributed by atoms with Crippen molar-refractivity contribution in [3.63, 3.8) is 0 Å². The Morgan fingerprint density at radius 1 is 1.40 bits per heavy atom. The molecule has 2 saturated heterocycles. The van der Waals surface area contributed by atoms with E-state index in [0.29, 0.717) is 6.54 Å². The highest BCUT2D eigenvalue weighted by molar-refractivity contribution is 7.89. The third kappa shape index (κ3) is 2.48. The van der Waals surface area contributed by atoms with Crippen LogP contribution in [0.25, 0.3) is 0 Å². The van der Waals surface area contributed by atoms with Gasteiger partial charge in [0, 0.05) is 6.54 Å². The highest BCUT2D eigenvalue weighted by atomic mass is 32.2. The van der Waals surface area contributed by atoms with Crippen molar-refractivity contribution < 1.29 is 13.2 Å². The number of fused-ring (bicyclic) bond motifs is 2. The van der Waals surface area contributed by atoms with Crippen LogP contribution in [-0.2, 0) is 21.3 Å². The van der Waals surface area contributed by atoms with Crippen molar-refractivity contribution in [1.82, 2.24) is 4.72 Å². The molecular weight excluding hydrogens is 276 g/mol. The van der Waals surface area contributed by atoms with E-state index < -0.39 is 10.0 Å². The van der Waals surface area contributed by atoms with Gasteiger partial charge >= 0.3 is 0 Å². The largest absolute Gasteiger partial charge is 0.373 e. The summed E-state index contributed by atoms with van der Waals surface area (Å²) >= 11 is 0. The van der Waals surface area contributed by atoms with Gasteiger partial charge in [-0.05, 0) is 49.4 Å². The summed E-state index contributed by atoms with van der Waals surface area (Å²) in [7, 11) is -3.50. The van der Waals surface area contributed by atoms with Crippen molar-refractivity contribution in [2.45, 2.75) is 55.9 Å². The zero-order valence-electron chi connectivity index (χ0n) is 11.5. The van der Waals surface area contributed by atoms with Crippen LogP contribution in [0.15, 0.2) is 23.1 Å². The maximum absolute atomic E-state index is 12.4. The van der Waals surface area contributed by atoms with Gasteiger partial charge in [0.05, 0.1) is 23.1 Å². The molecule has 3 rings (SSSR count). The van der Waals surface area contributed by atoms with E-state index in [1.54, 1.807) is 18.2 Å². The average molecular weight is 296 g/mol. The first-order valence-electron chi connectivity index (χ1n) is 6.97. The number of hydrogen-bond acceptors (Lipinski definition) is 4. The van der Waals surface area contributed by atoms with Crippen molar-refractivity contribution in [2.75, 3.05) is 0 Å². The monoisotopic (exact) mass is 296 g/mol. The van der Waals surface area contributed by atoms with E-state index in [0.717, 1.165) is 30.4 Å². The van der Waals surface area contributed by atoms with Crippen molar-refractivity contribution in [3.8, 4) is 0 Å². The van der Waals surface area contributed by atoms with Crippen molar-refractivity contribution in [2.24, 2.45) is 5.73 Å². The molecule has 0 amide bonds. The van der Waals surface area contributed by atoms with E-state index in [4.69, 9.17) is 10.5 Å². The summed E-state index contributed by atoms with van der Waals surface area (Å²) < 4.78 is 33.3. The maximum Gasteiger partial charge on any atom is 0.240 e. The predicted molar refractivity (Wildman–Crippen MR) is 75.7 cm³/mol. The Kier molecular flexibility index (Phi) is 3.58. The zero-order valence-corrected chi connectivity index (χ0v) is 12.3. The molecule has 3 N–H and O–H groups in total. The molecular formula is C14H20N2O3S. The maximum atomic E-state index is 12.4. The quantitative estimate of drug-likeness (QED) is 0.870. The number of sulfonamides is 1. The highest BCUT2D eigenvalue weighted by Gasteiger charge is 2.42. The van der Waals surface area contributed by atoms with Crippen molar-refractivity contribution in [3.05, 3.63) is 29.3 Å². The van der Waals surface area contributed by atoms with Crippen LogP contribution in [0, 0.1) is 6.92 Å². The van der Waals surface area contributed by atoms with E-state index in [-0.39, 0.29) is 23.1 Å². The molecule has 5 nitrogen and oxygen atoms in total. The summed E-state index contributed by atoms with van der Waals surface area (Å²) in [5, 5.41) is 0. The second-order valence-corrected chi connectivity index (χ2v) is 7.34. The minimum absolute atomic E-state index is 0.0363. The number of ether oxygens (including phenoxy) is 1. The molecule has 2 bridgehead atoms. The summed E-state index contributed by atoms with van der Waals surface area (Å²) in [4.78, 5) is 0.284. The molecule has 2 heterocycles. The fraction of sp³-hybridized carbons (Fsp3) is 0.571. The second-order valence-electron chi connectivity index (χ2n) is 5.63. The van der Waals surface area contributed by atoms with Gasteiger partial charge in [0.25, 0.3) is 0 Å². The van der Waals surface area contributed by atoms with Crippen molar-refractivity contribution in [1.29, 1.82) is 0 Å². The smallest absolute Gasteiger partial charge is 0.240 e. The van der Waals surface area contributed by atoms with Crippen LogP contribution in [0.4, 0.5) is 0 Å². The Morgan fingerprint density at radius 2 is 2.20 bits per heavy atom. The van der Waals surface area contributed by atoms with Gasteiger partial charge in [-0.3, -0.25) is 0 Å². The van der Waals surface area contributed by atoms with E-state index in [2.05, 4.69) is 4.72 Å². The van der Waals surface area contributed by atoms with Gasteiger partial charge in [0.15, 0.2) is 0 Å². The van der Waals surface area contributed by atoms with E-state index in [9.17, 15) is 8.42 Å². The molecule has 0 spiro atoms. The minimum Gasteiger partial charge on any atom is -0.373 e. The molecule has 1 aromatic carbocycles. The topological polar surface area (TPSA) is 81.4 Å². The summed E-state index contributed by atoms with van der Waals surface area (Å²) in [5.74, 6) is 0. The number of benzene rings is 1. The highest BCUT2D eigenvalue weighted by Crippen LogP contribution is 2.35. The Labute approximate surface area is 119 Å². The third-order valence-electron chi connectivity index (χ3n) is 4.26. The van der Waals surface area contributed by atoms with Crippen LogP contribution in [0.5, 0.6) is 0 Å². The van der Waals surface area contributed by atoms with Gasteiger partial charge in [-0.1, -0.05) is 6.07 Å². The first kappa shape index (κ1) is 14.0. The third-order valence-corrected chi connectivity index (χ3v) is 5.75. The Balaban J connectivity index is 1.81. The van der Waals surface area contributed by atoms with Crippen LogP contribution >= 0.6 is 0 Å². The van der Waals surface area contributed by atoms with E-state index >= 15 is 0 Å². The summed E-state index contributed by atoms with van der Waals surface area (Å²) in [6.45, 7) is 2.27. The lowest BCUT2D eigenvalue weighted by Crippen LogP contribution is -2.41. The molecule has 1 aromatic rings. The second kappa shape index (κ2) is 5.11. The number of nitrogens with one attached hydrogen (secondary N) is 1. The van der Waals surface area contributed by atoms with Gasteiger partial charge in [-0.2, -0.15) is 0 Å². The summed E-state index contributed by atoms with van der Waals surface area (Å²) in [6, 6.07) is 4.99. The lowest BCUT2D eigenvalue weighted by molar-refractivity contribution is 0.0996. The van der Waals surface area contributed by atoms with Gasteiger partial charge in [-0.15, -0.1) is 0 Å². The fourth-order valence-corrected chi connectivity index (χ4v) is 4.39. The molecule has 3 atom stereocenters. The molecule has 6 heteroatoms. The van der Waals surface area contributed by atoms with Crippen LogP contribution in [0.2, 0.25) is 0 Å². The predicted octanol–water partition coefficient (Wildman–Crippen LogP) is 1.05. The molecule has 2 aliphatic rings. The Hall–Kier alpha value is -0.950. The van der Waals surface area contributed by atoms with Crippen LogP contribution in [-0.4, -0.2) is 26.7 Å². The van der Waals surface area contributed by atoms with Crippen LogP contribution in [0.3, 0.4) is 0 Å². The molecule has 2 fully saturated rings. The van der Waals surface area contributed by atoms with E-state index in [1.807, 2.05) is 6.92 Å². The lowest BCUT2D eigenvalue weighted by Gasteiger charge is -2.20. The molecule has 110 valence electrons. The lowest BCUT2D eigenvalue weighted by atomic mass is 9.96. The number of hydrogen-bond donors (Lipinski definition) is 2. The number of aryl methyl sites for hydroxylation is 1. The van der Waals surface area contributed by atoms with Gasteiger partial charge < -0.3 is 10.5 Å². The Morgan fingerprint density at radius 3 is 2.80 bits per heavy atom. The summed E-state index contributed by atoms with van der Waals surface area (Å²) in [6.07, 6.45) is 3.03. The average Bonchev–Trinajstić information content (AvgIpc) is 3.00. The number of nitrogens with two attached hydrogens (primary N) is 1. The molecule has 0 aliphatic carbocycles. The van der Waals surface area contributed by atoms with Gasteiger partial charge in [0.2, 0.25) is 10.0 Å². The van der Waals surface area contributed by atoms with Crippen LogP contribution in [0.1, 0.15) is 30.4 Å². The first-order valence-corrected chi connectivity index (χ1v) is 8.45. The molecule has 3 unspecified atom stereocenters. The van der Waals surface area contributed by atoms with Gasteiger partial charge in [0.1, 0.15) is 0 Å². The molecule has 2 aliphatic heterocycles. The zero-order chi connectivity index (χ0) is 14.3. The van der Waals surface area contributed by atoms with Crippen molar-refractivity contribution >= 4 is 10.0 Å². The van der Waals surface area contributed by atoms with E-state index in [1.165, 1.54) is 0 Å². The van der Waals surface area contributed by atoms with Crippen LogP contribution < -0.4 is 10.5 Å².